The van der Waals surface area contributed by atoms with Crippen LogP contribution in [0.2, 0.25) is 0 Å². The van der Waals surface area contributed by atoms with Crippen molar-refractivity contribution in [1.29, 1.82) is 5.26 Å². The summed E-state index contributed by atoms with van der Waals surface area (Å²) in [5, 5.41) is 21.2. The van der Waals surface area contributed by atoms with Gasteiger partial charge in [-0.05, 0) is 40.9 Å². The first-order valence-electron chi connectivity index (χ1n) is 5.79. The second kappa shape index (κ2) is 4.63. The lowest BCUT2D eigenvalue weighted by atomic mass is 9.86. The van der Waals surface area contributed by atoms with Crippen LogP contribution < -0.4 is 5.56 Å². The maximum absolute atomic E-state index is 11.4. The van der Waals surface area contributed by atoms with Crippen molar-refractivity contribution in [2.75, 3.05) is 0 Å². The topological polar surface area (TPSA) is 76.9 Å². The predicted octanol–water partition coefficient (Wildman–Crippen LogP) is 3.10. The third-order valence-corrected chi connectivity index (χ3v) is 3.54. The number of aromatic nitrogens is 1. The SMILES string of the molecule is CC(C)(C)c1cc2cc(O)c(=O)[nH]c2cc1SC#N. The summed E-state index contributed by atoms with van der Waals surface area (Å²) in [4.78, 5) is 14.8. The molecule has 0 unspecified atom stereocenters. The van der Waals surface area contributed by atoms with E-state index < -0.39 is 5.56 Å². The number of nitrogens with one attached hydrogen (secondary N) is 1. The quantitative estimate of drug-likeness (QED) is 0.618. The van der Waals surface area contributed by atoms with Gasteiger partial charge in [0.05, 0.1) is 0 Å². The lowest BCUT2D eigenvalue weighted by Gasteiger charge is -2.22. The molecule has 0 fully saturated rings. The molecule has 0 aliphatic carbocycles. The van der Waals surface area contributed by atoms with Crippen LogP contribution in [0.25, 0.3) is 10.9 Å². The Kier molecular flexibility index (Phi) is 3.29. The summed E-state index contributed by atoms with van der Waals surface area (Å²) in [6.45, 7) is 6.17. The van der Waals surface area contributed by atoms with Gasteiger partial charge in [0.1, 0.15) is 5.40 Å². The number of nitrogens with zero attached hydrogens (tertiary/aromatic N) is 1. The van der Waals surface area contributed by atoms with Gasteiger partial charge in [0.2, 0.25) is 0 Å². The Morgan fingerprint density at radius 3 is 2.58 bits per heavy atom. The molecule has 0 saturated heterocycles. The zero-order valence-corrected chi connectivity index (χ0v) is 11.8. The molecule has 0 aliphatic rings. The van der Waals surface area contributed by atoms with E-state index in [1.54, 1.807) is 6.07 Å². The molecule has 0 saturated carbocycles. The van der Waals surface area contributed by atoms with Gasteiger partial charge < -0.3 is 10.1 Å². The van der Waals surface area contributed by atoms with Crippen molar-refractivity contribution in [2.45, 2.75) is 31.1 Å². The Morgan fingerprint density at radius 2 is 2.00 bits per heavy atom. The molecule has 0 aliphatic heterocycles. The number of rotatable bonds is 1. The van der Waals surface area contributed by atoms with Gasteiger partial charge in [-0.25, -0.2) is 0 Å². The average Bonchev–Trinajstić information content (AvgIpc) is 2.29. The number of aromatic amines is 1. The van der Waals surface area contributed by atoms with Gasteiger partial charge >= 0.3 is 0 Å². The molecule has 1 aromatic carbocycles. The molecule has 0 amide bonds. The van der Waals surface area contributed by atoms with E-state index in [0.717, 1.165) is 27.6 Å². The Hall–Kier alpha value is -1.93. The number of hydrogen-bond donors (Lipinski definition) is 2. The summed E-state index contributed by atoms with van der Waals surface area (Å²) >= 11 is 1.07. The number of aromatic hydroxyl groups is 1. The molecule has 1 heterocycles. The maximum Gasteiger partial charge on any atom is 0.290 e. The molecular weight excluding hydrogens is 260 g/mol. The van der Waals surface area contributed by atoms with Gasteiger partial charge in [-0.2, -0.15) is 5.26 Å². The smallest absolute Gasteiger partial charge is 0.290 e. The van der Waals surface area contributed by atoms with E-state index in [9.17, 15) is 9.90 Å². The van der Waals surface area contributed by atoms with Crippen molar-refractivity contribution in [2.24, 2.45) is 0 Å². The Balaban J connectivity index is 2.81. The average molecular weight is 274 g/mol. The molecule has 0 atom stereocenters. The number of thioether (sulfide) groups is 1. The van der Waals surface area contributed by atoms with Crippen LogP contribution in [0.3, 0.4) is 0 Å². The van der Waals surface area contributed by atoms with Crippen LogP contribution in [0.4, 0.5) is 0 Å². The minimum atomic E-state index is -0.524. The molecule has 4 nitrogen and oxygen atoms in total. The molecule has 2 aromatic rings. The molecule has 1 aromatic heterocycles. The third-order valence-electron chi connectivity index (χ3n) is 2.89. The van der Waals surface area contributed by atoms with Crippen LogP contribution in [-0.4, -0.2) is 10.1 Å². The molecule has 0 radical (unpaired) electrons. The Morgan fingerprint density at radius 1 is 1.32 bits per heavy atom. The maximum atomic E-state index is 11.4. The first-order valence-corrected chi connectivity index (χ1v) is 6.61. The highest BCUT2D eigenvalue weighted by Gasteiger charge is 2.19. The van der Waals surface area contributed by atoms with Gasteiger partial charge in [-0.15, -0.1) is 0 Å². The molecule has 2 N–H and O–H groups in total. The van der Waals surface area contributed by atoms with Crippen molar-refractivity contribution in [1.82, 2.24) is 4.98 Å². The highest BCUT2D eigenvalue weighted by molar-refractivity contribution is 8.03. The summed E-state index contributed by atoms with van der Waals surface area (Å²) in [7, 11) is 0. The minimum Gasteiger partial charge on any atom is -0.503 e. The number of pyridine rings is 1. The Labute approximate surface area is 115 Å². The van der Waals surface area contributed by atoms with E-state index in [-0.39, 0.29) is 11.2 Å². The van der Waals surface area contributed by atoms with Crippen molar-refractivity contribution in [3.8, 4) is 11.2 Å². The normalized spacial score (nSPS) is 11.5. The monoisotopic (exact) mass is 274 g/mol. The molecule has 98 valence electrons. The third kappa shape index (κ3) is 2.59. The van der Waals surface area contributed by atoms with Crippen molar-refractivity contribution in [3.63, 3.8) is 0 Å². The zero-order chi connectivity index (χ0) is 14.2. The van der Waals surface area contributed by atoms with E-state index in [2.05, 4.69) is 31.2 Å². The number of fused-ring (bicyclic) bond motifs is 1. The summed E-state index contributed by atoms with van der Waals surface area (Å²) in [5.74, 6) is -0.298. The number of H-pyrrole nitrogens is 1. The van der Waals surface area contributed by atoms with E-state index >= 15 is 0 Å². The van der Waals surface area contributed by atoms with Crippen LogP contribution in [0.15, 0.2) is 27.9 Å². The van der Waals surface area contributed by atoms with E-state index in [0.29, 0.717) is 5.52 Å². The van der Waals surface area contributed by atoms with Gasteiger partial charge in [-0.1, -0.05) is 20.8 Å². The van der Waals surface area contributed by atoms with Gasteiger partial charge in [0.15, 0.2) is 5.75 Å². The lowest BCUT2D eigenvalue weighted by Crippen LogP contribution is -2.13. The van der Waals surface area contributed by atoms with E-state index in [1.807, 2.05) is 6.07 Å². The highest BCUT2D eigenvalue weighted by Crippen LogP contribution is 2.35. The second-order valence-corrected chi connectivity index (χ2v) is 6.19. The number of nitriles is 1. The van der Waals surface area contributed by atoms with Crippen LogP contribution in [0.1, 0.15) is 26.3 Å². The van der Waals surface area contributed by atoms with Crippen molar-refractivity contribution in [3.05, 3.63) is 34.1 Å². The first kappa shape index (κ1) is 13.5. The lowest BCUT2D eigenvalue weighted by molar-refractivity contribution is 0.468. The van der Waals surface area contributed by atoms with Crippen LogP contribution >= 0.6 is 11.8 Å². The van der Waals surface area contributed by atoms with E-state index in [1.165, 1.54) is 6.07 Å². The number of hydrogen-bond acceptors (Lipinski definition) is 4. The second-order valence-electron chi connectivity index (χ2n) is 5.36. The predicted molar refractivity (Wildman–Crippen MR) is 76.4 cm³/mol. The van der Waals surface area contributed by atoms with Crippen LogP contribution in [0, 0.1) is 10.7 Å². The van der Waals surface area contributed by atoms with Gasteiger partial charge in [0.25, 0.3) is 5.56 Å². The summed E-state index contributed by atoms with van der Waals surface area (Å²) in [5.41, 5.74) is 0.981. The van der Waals surface area contributed by atoms with Gasteiger partial charge in [0, 0.05) is 15.8 Å². The summed E-state index contributed by atoms with van der Waals surface area (Å²) in [6, 6.07) is 5.14. The first-order chi connectivity index (χ1) is 8.82. The molecular formula is C14H14N2O2S. The molecule has 5 heteroatoms. The zero-order valence-electron chi connectivity index (χ0n) is 10.9. The molecule has 0 spiro atoms. The van der Waals surface area contributed by atoms with E-state index in [4.69, 9.17) is 5.26 Å². The number of benzene rings is 1. The van der Waals surface area contributed by atoms with Gasteiger partial charge in [-0.3, -0.25) is 4.79 Å². The largest absolute Gasteiger partial charge is 0.503 e. The minimum absolute atomic E-state index is 0.126. The standard InChI is InChI=1S/C14H14N2O2S/c1-14(2,3)9-4-8-5-11(17)13(18)16-10(8)6-12(9)19-7-15/h4-6,17H,1-3H3,(H,16,18). The number of thiocyanates is 1. The fraction of sp³-hybridized carbons (Fsp3) is 0.286. The highest BCUT2D eigenvalue weighted by atomic mass is 32.2. The fourth-order valence-electron chi connectivity index (χ4n) is 1.94. The van der Waals surface area contributed by atoms with Crippen molar-refractivity contribution < 1.29 is 5.11 Å². The van der Waals surface area contributed by atoms with Crippen molar-refractivity contribution >= 4 is 22.7 Å². The summed E-state index contributed by atoms with van der Waals surface area (Å²) in [6.07, 6.45) is 0. The summed E-state index contributed by atoms with van der Waals surface area (Å²) < 4.78 is 0. The van der Waals surface area contributed by atoms with Crippen LogP contribution in [-0.2, 0) is 5.41 Å². The van der Waals surface area contributed by atoms with Crippen LogP contribution in [0.5, 0.6) is 5.75 Å². The molecule has 19 heavy (non-hydrogen) atoms. The fourth-order valence-corrected chi connectivity index (χ4v) is 2.69. The molecule has 0 bridgehead atoms. The Bertz CT molecular complexity index is 736. The molecule has 2 rings (SSSR count).